The van der Waals surface area contributed by atoms with Crippen molar-refractivity contribution in [2.24, 2.45) is 0 Å². The van der Waals surface area contributed by atoms with Gasteiger partial charge in [-0.05, 0) is 68.7 Å². The van der Waals surface area contributed by atoms with Gasteiger partial charge in [-0.2, -0.15) is 0 Å². The van der Waals surface area contributed by atoms with Crippen molar-refractivity contribution in [3.8, 4) is 0 Å². The number of carbonyl (C=O) groups excluding carboxylic acids is 1. The molecule has 168 valence electrons. The van der Waals surface area contributed by atoms with Gasteiger partial charge in [-0.15, -0.1) is 0 Å². The summed E-state index contributed by atoms with van der Waals surface area (Å²) in [6, 6.07) is 20.2. The van der Waals surface area contributed by atoms with Crippen LogP contribution in [0.15, 0.2) is 71.6 Å². The summed E-state index contributed by atoms with van der Waals surface area (Å²) in [5, 5.41) is 0. The minimum Gasteiger partial charge on any atom is -0.340 e. The SMILES string of the molecule is Cc1ccc(CN(C)C(=O)CN(c2cc(C)cc(C)c2)S(=O)(=O)c2ccc(C)cc2)cc1. The quantitative estimate of drug-likeness (QED) is 0.521. The number of hydrogen-bond acceptors (Lipinski definition) is 3. The third-order valence-corrected chi connectivity index (χ3v) is 7.14. The molecule has 0 bridgehead atoms. The Morgan fingerprint density at radius 1 is 0.750 bits per heavy atom. The molecule has 32 heavy (non-hydrogen) atoms. The van der Waals surface area contributed by atoms with Crippen LogP contribution in [0.5, 0.6) is 0 Å². The van der Waals surface area contributed by atoms with Crippen molar-refractivity contribution in [1.82, 2.24) is 4.90 Å². The largest absolute Gasteiger partial charge is 0.340 e. The van der Waals surface area contributed by atoms with Crippen LogP contribution in [0.3, 0.4) is 0 Å². The summed E-state index contributed by atoms with van der Waals surface area (Å²) < 4.78 is 28.4. The molecule has 1 amide bonds. The van der Waals surface area contributed by atoms with Gasteiger partial charge in [0.05, 0.1) is 10.6 Å². The van der Waals surface area contributed by atoms with E-state index in [0.717, 1.165) is 27.8 Å². The normalized spacial score (nSPS) is 11.3. The summed E-state index contributed by atoms with van der Waals surface area (Å²) in [5.41, 5.74) is 5.46. The predicted molar refractivity (Wildman–Crippen MR) is 129 cm³/mol. The number of benzene rings is 3. The van der Waals surface area contributed by atoms with Crippen molar-refractivity contribution in [2.45, 2.75) is 39.1 Å². The lowest BCUT2D eigenvalue weighted by atomic mass is 10.1. The number of carbonyl (C=O) groups is 1. The zero-order chi connectivity index (χ0) is 23.5. The van der Waals surface area contributed by atoms with Crippen LogP contribution in [0, 0.1) is 27.7 Å². The van der Waals surface area contributed by atoms with E-state index in [1.807, 2.05) is 58.0 Å². The van der Waals surface area contributed by atoms with Crippen LogP contribution in [-0.2, 0) is 21.4 Å². The van der Waals surface area contributed by atoms with Crippen LogP contribution >= 0.6 is 0 Å². The molecule has 0 saturated carbocycles. The maximum absolute atomic E-state index is 13.6. The summed E-state index contributed by atoms with van der Waals surface area (Å²) in [4.78, 5) is 14.8. The molecular formula is C26H30N2O3S. The van der Waals surface area contributed by atoms with Crippen molar-refractivity contribution >= 4 is 21.6 Å². The van der Waals surface area contributed by atoms with Gasteiger partial charge in [0.15, 0.2) is 0 Å². The average molecular weight is 451 g/mol. The third kappa shape index (κ3) is 5.56. The molecule has 0 saturated heterocycles. The summed E-state index contributed by atoms with van der Waals surface area (Å²) in [6.07, 6.45) is 0. The number of nitrogens with zero attached hydrogens (tertiary/aromatic N) is 2. The lowest BCUT2D eigenvalue weighted by Gasteiger charge is -2.27. The van der Waals surface area contributed by atoms with Gasteiger partial charge in [-0.3, -0.25) is 9.10 Å². The first-order chi connectivity index (χ1) is 15.1. The molecular weight excluding hydrogens is 420 g/mol. The van der Waals surface area contributed by atoms with Gasteiger partial charge in [-0.25, -0.2) is 8.42 Å². The highest BCUT2D eigenvalue weighted by Crippen LogP contribution is 2.26. The maximum Gasteiger partial charge on any atom is 0.264 e. The molecule has 0 aliphatic rings. The van der Waals surface area contributed by atoms with Gasteiger partial charge in [-0.1, -0.05) is 53.6 Å². The number of anilines is 1. The van der Waals surface area contributed by atoms with Crippen LogP contribution < -0.4 is 4.31 Å². The summed E-state index contributed by atoms with van der Waals surface area (Å²) in [6.45, 7) is 7.88. The molecule has 0 aromatic heterocycles. The lowest BCUT2D eigenvalue weighted by molar-refractivity contribution is -0.128. The second kappa shape index (κ2) is 9.57. The molecule has 0 aliphatic heterocycles. The van der Waals surface area contributed by atoms with Gasteiger partial charge in [0.25, 0.3) is 10.0 Å². The van der Waals surface area contributed by atoms with Crippen molar-refractivity contribution in [1.29, 1.82) is 0 Å². The molecule has 0 spiro atoms. The van der Waals surface area contributed by atoms with Crippen LogP contribution in [-0.4, -0.2) is 32.8 Å². The number of rotatable bonds is 7. The van der Waals surface area contributed by atoms with Crippen molar-refractivity contribution < 1.29 is 13.2 Å². The molecule has 0 radical (unpaired) electrons. The molecule has 0 atom stereocenters. The smallest absolute Gasteiger partial charge is 0.264 e. The lowest BCUT2D eigenvalue weighted by Crippen LogP contribution is -2.41. The number of aryl methyl sites for hydroxylation is 4. The van der Waals surface area contributed by atoms with Crippen molar-refractivity contribution in [3.05, 3.63) is 94.5 Å². The zero-order valence-electron chi connectivity index (χ0n) is 19.3. The Labute approximate surface area is 191 Å². The Balaban J connectivity index is 1.94. The van der Waals surface area contributed by atoms with E-state index in [9.17, 15) is 13.2 Å². The fourth-order valence-electron chi connectivity index (χ4n) is 3.55. The van der Waals surface area contributed by atoms with E-state index in [1.165, 1.54) is 4.31 Å². The van der Waals surface area contributed by atoms with Gasteiger partial charge in [0.1, 0.15) is 6.54 Å². The fourth-order valence-corrected chi connectivity index (χ4v) is 4.94. The first-order valence-electron chi connectivity index (χ1n) is 10.5. The summed E-state index contributed by atoms with van der Waals surface area (Å²) >= 11 is 0. The zero-order valence-corrected chi connectivity index (χ0v) is 20.1. The van der Waals surface area contributed by atoms with Crippen LogP contribution in [0.1, 0.15) is 27.8 Å². The molecule has 3 aromatic rings. The van der Waals surface area contributed by atoms with E-state index in [4.69, 9.17) is 0 Å². The Morgan fingerprint density at radius 3 is 1.78 bits per heavy atom. The van der Waals surface area contributed by atoms with E-state index in [2.05, 4.69) is 0 Å². The highest BCUT2D eigenvalue weighted by atomic mass is 32.2. The fraction of sp³-hybridized carbons (Fsp3) is 0.269. The maximum atomic E-state index is 13.6. The topological polar surface area (TPSA) is 57.7 Å². The van der Waals surface area contributed by atoms with Crippen molar-refractivity contribution in [2.75, 3.05) is 17.9 Å². The molecule has 6 heteroatoms. The second-order valence-corrected chi connectivity index (χ2v) is 10.3. The van der Waals surface area contributed by atoms with Crippen molar-refractivity contribution in [3.63, 3.8) is 0 Å². The third-order valence-electron chi connectivity index (χ3n) is 5.35. The molecule has 3 rings (SSSR count). The first-order valence-corrected chi connectivity index (χ1v) is 12.0. The van der Waals surface area contributed by atoms with Gasteiger partial charge >= 0.3 is 0 Å². The van der Waals surface area contributed by atoms with Gasteiger partial charge in [0, 0.05) is 13.6 Å². The van der Waals surface area contributed by atoms with Crippen LogP contribution in [0.2, 0.25) is 0 Å². The molecule has 0 fully saturated rings. The van der Waals surface area contributed by atoms with E-state index in [0.29, 0.717) is 12.2 Å². The molecule has 5 nitrogen and oxygen atoms in total. The number of likely N-dealkylation sites (N-methyl/N-ethyl adjacent to an activating group) is 1. The molecule has 0 aliphatic carbocycles. The standard InChI is InChI=1S/C26H30N2O3S/c1-19-6-10-23(11-7-19)17-27(5)26(29)18-28(24-15-21(3)14-22(4)16-24)32(30,31)25-12-8-20(2)9-13-25/h6-16H,17-18H2,1-5H3. The van der Waals surface area contributed by atoms with Crippen LogP contribution in [0.4, 0.5) is 5.69 Å². The molecule has 0 N–H and O–H groups in total. The summed E-state index contributed by atoms with van der Waals surface area (Å²) in [7, 11) is -2.23. The minimum atomic E-state index is -3.93. The predicted octanol–water partition coefficient (Wildman–Crippen LogP) is 4.77. The Bertz CT molecular complexity index is 1180. The highest BCUT2D eigenvalue weighted by Gasteiger charge is 2.28. The number of sulfonamides is 1. The number of hydrogen-bond donors (Lipinski definition) is 0. The Hall–Kier alpha value is -3.12. The van der Waals surface area contributed by atoms with Gasteiger partial charge in [0.2, 0.25) is 5.91 Å². The van der Waals surface area contributed by atoms with E-state index < -0.39 is 10.0 Å². The first kappa shape index (κ1) is 23.5. The molecule has 3 aromatic carbocycles. The van der Waals surface area contributed by atoms with Crippen LogP contribution in [0.25, 0.3) is 0 Å². The summed E-state index contributed by atoms with van der Waals surface area (Å²) in [5.74, 6) is -0.277. The second-order valence-electron chi connectivity index (χ2n) is 8.41. The Kier molecular flexibility index (Phi) is 7.04. The minimum absolute atomic E-state index is 0.163. The van der Waals surface area contributed by atoms with Gasteiger partial charge < -0.3 is 4.90 Å². The average Bonchev–Trinajstić information content (AvgIpc) is 2.72. The number of amides is 1. The van der Waals surface area contributed by atoms with E-state index in [1.54, 1.807) is 48.3 Å². The Morgan fingerprint density at radius 2 is 1.25 bits per heavy atom. The molecule has 0 heterocycles. The monoisotopic (exact) mass is 450 g/mol. The van der Waals surface area contributed by atoms with E-state index >= 15 is 0 Å². The highest BCUT2D eigenvalue weighted by molar-refractivity contribution is 7.92. The van der Waals surface area contributed by atoms with E-state index in [-0.39, 0.29) is 17.3 Å². The molecule has 0 unspecified atom stereocenters.